The molecule has 2 aliphatic heterocycles. The van der Waals surface area contributed by atoms with E-state index in [9.17, 15) is 4.79 Å². The Labute approximate surface area is 131 Å². The van der Waals surface area contributed by atoms with E-state index in [1.54, 1.807) is 0 Å². The summed E-state index contributed by atoms with van der Waals surface area (Å²) in [5.74, 6) is 0.0480. The van der Waals surface area contributed by atoms with E-state index < -0.39 is 0 Å². The summed E-state index contributed by atoms with van der Waals surface area (Å²) in [5, 5.41) is 3.67. The normalized spacial score (nSPS) is 23.0. The molecule has 21 heavy (non-hydrogen) atoms. The van der Waals surface area contributed by atoms with E-state index in [1.807, 2.05) is 25.1 Å². The predicted molar refractivity (Wildman–Crippen MR) is 85.9 cm³/mol. The number of piperazine rings is 1. The van der Waals surface area contributed by atoms with Crippen LogP contribution in [-0.2, 0) is 4.79 Å². The zero-order chi connectivity index (χ0) is 14.8. The van der Waals surface area contributed by atoms with Crippen LogP contribution in [0.1, 0.15) is 18.4 Å². The Balaban J connectivity index is 1.55. The molecular formula is C16H22ClN3O. The first-order chi connectivity index (χ1) is 10.1. The quantitative estimate of drug-likeness (QED) is 0.931. The molecule has 4 nitrogen and oxygen atoms in total. The molecular weight excluding hydrogens is 286 g/mol. The lowest BCUT2D eigenvalue weighted by Gasteiger charge is -2.37. The van der Waals surface area contributed by atoms with Crippen LogP contribution in [0.3, 0.4) is 0 Å². The van der Waals surface area contributed by atoms with Gasteiger partial charge in [0.25, 0.3) is 0 Å². The fourth-order valence-corrected chi connectivity index (χ4v) is 3.51. The molecule has 0 spiro atoms. The fraction of sp³-hybridized carbons (Fsp3) is 0.562. The van der Waals surface area contributed by atoms with Crippen LogP contribution >= 0.6 is 11.6 Å². The number of hydrogen-bond acceptors (Lipinski definition) is 3. The maximum Gasteiger partial charge on any atom is 0.238 e. The molecule has 1 atom stereocenters. The minimum atomic E-state index is 0.0480. The number of nitrogens with zero attached hydrogens (tertiary/aromatic N) is 2. The first-order valence-corrected chi connectivity index (χ1v) is 8.02. The molecule has 3 rings (SSSR count). The summed E-state index contributed by atoms with van der Waals surface area (Å²) in [6.07, 6.45) is 2.57. The minimum Gasteiger partial charge on any atom is -0.325 e. The van der Waals surface area contributed by atoms with Crippen molar-refractivity contribution in [3.8, 4) is 0 Å². The smallest absolute Gasteiger partial charge is 0.238 e. The minimum absolute atomic E-state index is 0.0480. The molecule has 2 aliphatic rings. The lowest BCUT2D eigenvalue weighted by Crippen LogP contribution is -2.51. The summed E-state index contributed by atoms with van der Waals surface area (Å²) in [4.78, 5) is 17.0. The maximum atomic E-state index is 12.2. The number of rotatable bonds is 3. The molecule has 0 aliphatic carbocycles. The Morgan fingerprint density at radius 1 is 1.38 bits per heavy atom. The van der Waals surface area contributed by atoms with E-state index in [1.165, 1.54) is 19.4 Å². The van der Waals surface area contributed by atoms with Crippen molar-refractivity contribution in [2.24, 2.45) is 0 Å². The summed E-state index contributed by atoms with van der Waals surface area (Å²) in [6, 6.07) is 6.25. The number of anilines is 1. The van der Waals surface area contributed by atoms with Gasteiger partial charge >= 0.3 is 0 Å². The predicted octanol–water partition coefficient (Wildman–Crippen LogP) is 2.37. The van der Waals surface area contributed by atoms with Crippen LogP contribution in [0.15, 0.2) is 18.2 Å². The van der Waals surface area contributed by atoms with Gasteiger partial charge in [-0.1, -0.05) is 17.7 Å². The zero-order valence-corrected chi connectivity index (χ0v) is 13.2. The van der Waals surface area contributed by atoms with Crippen molar-refractivity contribution in [3.63, 3.8) is 0 Å². The fourth-order valence-electron chi connectivity index (χ4n) is 3.33. The molecule has 1 aromatic rings. The van der Waals surface area contributed by atoms with Gasteiger partial charge in [-0.2, -0.15) is 0 Å². The number of hydrogen-bond donors (Lipinski definition) is 1. The third-order valence-corrected chi connectivity index (χ3v) is 4.99. The van der Waals surface area contributed by atoms with Gasteiger partial charge in [-0.25, -0.2) is 0 Å². The highest BCUT2D eigenvalue weighted by molar-refractivity contribution is 6.31. The number of fused-ring (bicyclic) bond motifs is 1. The van der Waals surface area contributed by atoms with Gasteiger partial charge < -0.3 is 5.32 Å². The topological polar surface area (TPSA) is 35.6 Å². The van der Waals surface area contributed by atoms with Gasteiger partial charge in [0, 0.05) is 36.4 Å². The third kappa shape index (κ3) is 3.39. The Morgan fingerprint density at radius 3 is 3.10 bits per heavy atom. The van der Waals surface area contributed by atoms with E-state index in [0.29, 0.717) is 17.6 Å². The van der Waals surface area contributed by atoms with Gasteiger partial charge in [0.15, 0.2) is 0 Å². The number of benzene rings is 1. The second-order valence-corrected chi connectivity index (χ2v) is 6.43. The van der Waals surface area contributed by atoms with E-state index in [-0.39, 0.29) is 5.91 Å². The highest BCUT2D eigenvalue weighted by Crippen LogP contribution is 2.23. The van der Waals surface area contributed by atoms with E-state index >= 15 is 0 Å². The van der Waals surface area contributed by atoms with Gasteiger partial charge in [0.05, 0.1) is 6.54 Å². The standard InChI is InChI=1S/C16H22ClN3O/c1-12-14(17)5-2-6-15(12)18-16(21)11-19-8-9-20-7-3-4-13(20)10-19/h2,5-6,13H,3-4,7-11H2,1H3,(H,18,21). The second-order valence-electron chi connectivity index (χ2n) is 6.03. The van der Waals surface area contributed by atoms with Gasteiger partial charge in [0.1, 0.15) is 0 Å². The summed E-state index contributed by atoms with van der Waals surface area (Å²) in [7, 11) is 0. The van der Waals surface area contributed by atoms with Crippen LogP contribution in [0.5, 0.6) is 0 Å². The Kier molecular flexibility index (Phi) is 4.48. The van der Waals surface area contributed by atoms with Gasteiger partial charge in [-0.15, -0.1) is 0 Å². The van der Waals surface area contributed by atoms with Crippen molar-refractivity contribution in [2.45, 2.75) is 25.8 Å². The lowest BCUT2D eigenvalue weighted by atomic mass is 10.1. The van der Waals surface area contributed by atoms with Crippen LogP contribution in [0, 0.1) is 6.92 Å². The van der Waals surface area contributed by atoms with Crippen molar-refractivity contribution in [2.75, 3.05) is 38.0 Å². The lowest BCUT2D eigenvalue weighted by molar-refractivity contribution is -0.117. The van der Waals surface area contributed by atoms with Crippen molar-refractivity contribution in [1.29, 1.82) is 0 Å². The summed E-state index contributed by atoms with van der Waals surface area (Å²) >= 11 is 6.08. The number of halogens is 1. The van der Waals surface area contributed by atoms with Gasteiger partial charge in [0.2, 0.25) is 5.91 Å². The molecule has 2 saturated heterocycles. The monoisotopic (exact) mass is 307 g/mol. The number of nitrogens with one attached hydrogen (secondary N) is 1. The Hall–Kier alpha value is -1.10. The second kappa shape index (κ2) is 6.34. The highest BCUT2D eigenvalue weighted by Gasteiger charge is 2.31. The number of amides is 1. The summed E-state index contributed by atoms with van der Waals surface area (Å²) in [6.45, 7) is 6.71. The molecule has 0 radical (unpaired) electrons. The van der Waals surface area contributed by atoms with Crippen molar-refractivity contribution >= 4 is 23.2 Å². The molecule has 0 saturated carbocycles. The van der Waals surface area contributed by atoms with E-state index in [2.05, 4.69) is 15.1 Å². The first kappa shape index (κ1) is 14.8. The Morgan fingerprint density at radius 2 is 2.24 bits per heavy atom. The van der Waals surface area contributed by atoms with Crippen LogP contribution in [0.4, 0.5) is 5.69 Å². The molecule has 114 valence electrons. The summed E-state index contributed by atoms with van der Waals surface area (Å²) < 4.78 is 0. The largest absolute Gasteiger partial charge is 0.325 e. The SMILES string of the molecule is Cc1c(Cl)cccc1NC(=O)CN1CCN2CCCC2C1. The van der Waals surface area contributed by atoms with Crippen LogP contribution in [0.25, 0.3) is 0 Å². The zero-order valence-electron chi connectivity index (χ0n) is 12.4. The molecule has 2 fully saturated rings. The van der Waals surface area contributed by atoms with Crippen LogP contribution in [0.2, 0.25) is 5.02 Å². The van der Waals surface area contributed by atoms with E-state index in [0.717, 1.165) is 30.9 Å². The van der Waals surface area contributed by atoms with Crippen molar-refractivity contribution in [1.82, 2.24) is 9.80 Å². The highest BCUT2D eigenvalue weighted by atomic mass is 35.5. The maximum absolute atomic E-state index is 12.2. The van der Waals surface area contributed by atoms with Gasteiger partial charge in [-0.3, -0.25) is 14.6 Å². The van der Waals surface area contributed by atoms with E-state index in [4.69, 9.17) is 11.6 Å². The average Bonchev–Trinajstić information content (AvgIpc) is 2.91. The molecule has 0 bridgehead atoms. The molecule has 1 amide bonds. The number of carbonyl (C=O) groups excluding carboxylic acids is 1. The van der Waals surface area contributed by atoms with Gasteiger partial charge in [-0.05, 0) is 44.0 Å². The molecule has 1 N–H and O–H groups in total. The van der Waals surface area contributed by atoms with Crippen molar-refractivity contribution in [3.05, 3.63) is 28.8 Å². The average molecular weight is 308 g/mol. The molecule has 5 heteroatoms. The first-order valence-electron chi connectivity index (χ1n) is 7.65. The Bertz CT molecular complexity index is 534. The van der Waals surface area contributed by atoms with Crippen molar-refractivity contribution < 1.29 is 4.79 Å². The summed E-state index contributed by atoms with van der Waals surface area (Å²) in [5.41, 5.74) is 1.74. The molecule has 1 aromatic carbocycles. The molecule has 0 aromatic heterocycles. The third-order valence-electron chi connectivity index (χ3n) is 4.58. The molecule has 1 unspecified atom stereocenters. The van der Waals surface area contributed by atoms with Crippen LogP contribution in [-0.4, -0.2) is 54.5 Å². The number of carbonyl (C=O) groups is 1. The molecule has 2 heterocycles. The van der Waals surface area contributed by atoms with Crippen LogP contribution < -0.4 is 5.32 Å².